The van der Waals surface area contributed by atoms with Crippen molar-refractivity contribution in [2.24, 2.45) is 0 Å². The standard InChI is InChI=1S/C9H9N3O4/c1-5(12(14)15)4-8(6(2)13)9-10-7(3)16-11-9/h4,13H,1-2H2,3H3/b8-4+. The van der Waals surface area contributed by atoms with Crippen molar-refractivity contribution in [1.29, 1.82) is 0 Å². The molecular weight excluding hydrogens is 214 g/mol. The molecule has 0 saturated heterocycles. The Morgan fingerprint density at radius 1 is 1.62 bits per heavy atom. The smallest absolute Gasteiger partial charge is 0.263 e. The zero-order valence-electron chi connectivity index (χ0n) is 8.51. The van der Waals surface area contributed by atoms with Crippen molar-refractivity contribution >= 4 is 5.57 Å². The third kappa shape index (κ3) is 2.53. The first-order valence-corrected chi connectivity index (χ1v) is 4.15. The van der Waals surface area contributed by atoms with Crippen LogP contribution in [0.3, 0.4) is 0 Å². The van der Waals surface area contributed by atoms with E-state index < -0.39 is 16.4 Å². The maximum atomic E-state index is 10.4. The number of hydrogen-bond donors (Lipinski definition) is 1. The van der Waals surface area contributed by atoms with Crippen LogP contribution in [0.2, 0.25) is 0 Å². The average molecular weight is 223 g/mol. The van der Waals surface area contributed by atoms with E-state index in [0.717, 1.165) is 6.08 Å². The first-order valence-electron chi connectivity index (χ1n) is 4.15. The number of aromatic nitrogens is 2. The van der Waals surface area contributed by atoms with Gasteiger partial charge in [0.15, 0.2) is 0 Å². The number of aliphatic hydroxyl groups is 1. The number of nitro groups is 1. The lowest BCUT2D eigenvalue weighted by Gasteiger charge is -1.98. The van der Waals surface area contributed by atoms with E-state index in [9.17, 15) is 15.2 Å². The van der Waals surface area contributed by atoms with Gasteiger partial charge in [-0.05, 0) is 6.58 Å². The number of aliphatic hydroxyl groups excluding tert-OH is 1. The highest BCUT2D eigenvalue weighted by atomic mass is 16.6. The Bertz CT molecular complexity index is 487. The highest BCUT2D eigenvalue weighted by Crippen LogP contribution is 2.19. The highest BCUT2D eigenvalue weighted by molar-refractivity contribution is 5.73. The molecule has 0 spiro atoms. The van der Waals surface area contributed by atoms with Gasteiger partial charge in [0.25, 0.3) is 5.70 Å². The second-order valence-corrected chi connectivity index (χ2v) is 2.89. The Morgan fingerprint density at radius 3 is 2.62 bits per heavy atom. The van der Waals surface area contributed by atoms with Crippen LogP contribution in [0.5, 0.6) is 0 Å². The molecule has 1 rings (SSSR count). The molecule has 0 radical (unpaired) electrons. The van der Waals surface area contributed by atoms with Gasteiger partial charge in [-0.15, -0.1) is 0 Å². The summed E-state index contributed by atoms with van der Waals surface area (Å²) in [6.45, 7) is 8.00. The van der Waals surface area contributed by atoms with Gasteiger partial charge in [0, 0.05) is 13.0 Å². The summed E-state index contributed by atoms with van der Waals surface area (Å²) in [7, 11) is 0. The fourth-order valence-corrected chi connectivity index (χ4v) is 0.905. The number of rotatable bonds is 4. The summed E-state index contributed by atoms with van der Waals surface area (Å²) in [4.78, 5) is 13.5. The van der Waals surface area contributed by atoms with E-state index in [1.54, 1.807) is 6.92 Å². The summed E-state index contributed by atoms with van der Waals surface area (Å²) in [5, 5.41) is 23.1. The average Bonchev–Trinajstić information content (AvgIpc) is 2.59. The van der Waals surface area contributed by atoms with Gasteiger partial charge in [-0.2, -0.15) is 4.98 Å². The van der Waals surface area contributed by atoms with E-state index in [1.807, 2.05) is 0 Å². The topological polar surface area (TPSA) is 102 Å². The molecule has 0 bridgehead atoms. The summed E-state index contributed by atoms with van der Waals surface area (Å²) in [5.41, 5.74) is -0.411. The molecule has 16 heavy (non-hydrogen) atoms. The lowest BCUT2D eigenvalue weighted by Crippen LogP contribution is -1.97. The van der Waals surface area contributed by atoms with Crippen LogP contribution < -0.4 is 0 Å². The minimum absolute atomic E-state index is 0.00134. The van der Waals surface area contributed by atoms with Gasteiger partial charge in [0.2, 0.25) is 11.7 Å². The molecule has 1 N–H and O–H groups in total. The van der Waals surface area contributed by atoms with Gasteiger partial charge in [-0.1, -0.05) is 11.7 Å². The molecule has 0 aliphatic carbocycles. The maximum Gasteiger partial charge on any atom is 0.263 e. The minimum Gasteiger partial charge on any atom is -0.508 e. The van der Waals surface area contributed by atoms with E-state index in [4.69, 9.17) is 0 Å². The van der Waals surface area contributed by atoms with Crippen molar-refractivity contribution in [2.75, 3.05) is 0 Å². The predicted molar refractivity (Wildman–Crippen MR) is 54.9 cm³/mol. The van der Waals surface area contributed by atoms with Gasteiger partial charge in [-0.25, -0.2) is 0 Å². The zero-order valence-corrected chi connectivity index (χ0v) is 8.51. The quantitative estimate of drug-likeness (QED) is 0.360. The highest BCUT2D eigenvalue weighted by Gasteiger charge is 2.15. The lowest BCUT2D eigenvalue weighted by atomic mass is 10.2. The van der Waals surface area contributed by atoms with Crippen LogP contribution in [0.15, 0.2) is 35.2 Å². The third-order valence-electron chi connectivity index (χ3n) is 1.62. The molecule has 0 aromatic carbocycles. The normalized spacial score (nSPS) is 11.2. The van der Waals surface area contributed by atoms with Crippen molar-refractivity contribution in [1.82, 2.24) is 10.1 Å². The van der Waals surface area contributed by atoms with Gasteiger partial charge < -0.3 is 9.63 Å². The summed E-state index contributed by atoms with van der Waals surface area (Å²) in [6.07, 6.45) is 1.02. The van der Waals surface area contributed by atoms with Crippen LogP contribution in [0.4, 0.5) is 0 Å². The van der Waals surface area contributed by atoms with Crippen molar-refractivity contribution in [3.63, 3.8) is 0 Å². The summed E-state index contributed by atoms with van der Waals surface area (Å²) >= 11 is 0. The molecule has 0 atom stereocenters. The first-order chi connectivity index (χ1) is 7.41. The fraction of sp³-hybridized carbons (Fsp3) is 0.111. The van der Waals surface area contributed by atoms with Crippen molar-refractivity contribution in [3.05, 3.63) is 52.5 Å². The Hall–Kier alpha value is -2.44. The summed E-state index contributed by atoms with van der Waals surface area (Å²) < 4.78 is 4.68. The number of hydrogen-bond acceptors (Lipinski definition) is 6. The summed E-state index contributed by atoms with van der Waals surface area (Å²) in [6, 6.07) is 0. The van der Waals surface area contributed by atoms with Crippen LogP contribution in [0.1, 0.15) is 11.7 Å². The van der Waals surface area contributed by atoms with Gasteiger partial charge in [0.05, 0.1) is 10.5 Å². The van der Waals surface area contributed by atoms with Gasteiger partial charge in [0.1, 0.15) is 5.76 Å². The molecule has 1 aromatic heterocycles. The first kappa shape index (κ1) is 11.6. The van der Waals surface area contributed by atoms with Crippen molar-refractivity contribution < 1.29 is 14.6 Å². The van der Waals surface area contributed by atoms with Crippen molar-refractivity contribution in [3.8, 4) is 0 Å². The maximum absolute atomic E-state index is 10.4. The van der Waals surface area contributed by atoms with Crippen LogP contribution in [-0.4, -0.2) is 20.2 Å². The second-order valence-electron chi connectivity index (χ2n) is 2.89. The molecule has 0 fully saturated rings. The molecular formula is C9H9N3O4. The molecule has 7 heteroatoms. The zero-order chi connectivity index (χ0) is 12.3. The Morgan fingerprint density at radius 2 is 2.25 bits per heavy atom. The molecule has 0 aliphatic rings. The van der Waals surface area contributed by atoms with E-state index in [2.05, 4.69) is 27.8 Å². The van der Waals surface area contributed by atoms with Crippen molar-refractivity contribution in [2.45, 2.75) is 6.92 Å². The van der Waals surface area contributed by atoms with Crippen LogP contribution in [0.25, 0.3) is 5.57 Å². The monoisotopic (exact) mass is 223 g/mol. The molecule has 1 aromatic rings. The molecule has 0 aliphatic heterocycles. The molecule has 1 heterocycles. The SMILES string of the molecule is C=C(O)/C(=C\C(=C)[N+](=O)[O-])c1noc(C)n1. The lowest BCUT2D eigenvalue weighted by molar-refractivity contribution is -0.418. The van der Waals surface area contributed by atoms with Gasteiger partial charge in [-0.3, -0.25) is 10.1 Å². The fourth-order valence-electron chi connectivity index (χ4n) is 0.905. The molecule has 84 valence electrons. The molecule has 0 amide bonds. The van der Waals surface area contributed by atoms with Crippen LogP contribution in [0, 0.1) is 17.0 Å². The third-order valence-corrected chi connectivity index (χ3v) is 1.62. The largest absolute Gasteiger partial charge is 0.508 e. The van der Waals surface area contributed by atoms with Crippen LogP contribution in [-0.2, 0) is 0 Å². The second kappa shape index (κ2) is 4.39. The Labute approximate surface area is 90.5 Å². The summed E-state index contributed by atoms with van der Waals surface area (Å²) in [5.74, 6) is -0.106. The van der Waals surface area contributed by atoms with Crippen LogP contribution >= 0.6 is 0 Å². The number of allylic oxidation sites excluding steroid dienone is 2. The Balaban J connectivity index is 3.15. The Kier molecular flexibility index (Phi) is 3.19. The van der Waals surface area contributed by atoms with E-state index in [-0.39, 0.29) is 17.3 Å². The van der Waals surface area contributed by atoms with E-state index in [0.29, 0.717) is 0 Å². The predicted octanol–water partition coefficient (Wildman–Crippen LogP) is 1.62. The van der Waals surface area contributed by atoms with Gasteiger partial charge >= 0.3 is 0 Å². The minimum atomic E-state index is -0.699. The molecule has 7 nitrogen and oxygen atoms in total. The van der Waals surface area contributed by atoms with E-state index >= 15 is 0 Å². The molecule has 0 unspecified atom stereocenters. The molecule has 0 saturated carbocycles. The van der Waals surface area contributed by atoms with E-state index in [1.165, 1.54) is 0 Å². The number of nitrogens with zero attached hydrogens (tertiary/aromatic N) is 3. The number of aryl methyl sites for hydroxylation is 1.